The van der Waals surface area contributed by atoms with Crippen molar-refractivity contribution in [2.24, 2.45) is 34.5 Å². The molecule has 6 atom stereocenters. The molecular formula is C44H38Cl4N2O6. The lowest BCUT2D eigenvalue weighted by molar-refractivity contribution is -0.150. The molecule has 0 N–H and O–H groups in total. The molecule has 0 saturated heterocycles. The lowest BCUT2D eigenvalue weighted by Gasteiger charge is -2.13. The lowest BCUT2D eigenvalue weighted by Crippen LogP contribution is -2.14. The van der Waals surface area contributed by atoms with Gasteiger partial charge in [0, 0.05) is 11.1 Å². The molecule has 288 valence electrons. The topological polar surface area (TPSA) is 119 Å². The van der Waals surface area contributed by atoms with Gasteiger partial charge in [-0.3, -0.25) is 9.59 Å². The maximum atomic E-state index is 12.6. The SMILES string of the molecule is CC1(C)[C@H](C(=O)OC(C#N)c2cccc(Oc3ccccc3)c2)[C@@H]1C=C(Cl)Cl.CC1(C)[C@H](C(=O)OC(C#N)c2cccc(Oc3ccccc3)c2)[C@@H]1C=C(Cl)Cl. The number of carbonyl (C=O) groups is 2. The van der Waals surface area contributed by atoms with Crippen LogP contribution in [-0.2, 0) is 19.1 Å². The van der Waals surface area contributed by atoms with Crippen LogP contribution < -0.4 is 9.47 Å². The van der Waals surface area contributed by atoms with Crippen molar-refractivity contribution in [3.63, 3.8) is 0 Å². The third-order valence-electron chi connectivity index (χ3n) is 9.92. The summed E-state index contributed by atoms with van der Waals surface area (Å²) in [5.74, 6) is 0.579. The molecule has 0 spiro atoms. The fraction of sp³-hybridized carbons (Fsp3) is 0.273. The van der Waals surface area contributed by atoms with Crippen molar-refractivity contribution in [1.82, 2.24) is 0 Å². The molecule has 8 nitrogen and oxygen atoms in total. The molecule has 0 radical (unpaired) electrons. The molecule has 4 aromatic carbocycles. The molecule has 2 aliphatic rings. The minimum atomic E-state index is -1.03. The average molecular weight is 833 g/mol. The van der Waals surface area contributed by atoms with Crippen molar-refractivity contribution in [1.29, 1.82) is 10.5 Å². The molecule has 2 saturated carbocycles. The van der Waals surface area contributed by atoms with E-state index in [0.29, 0.717) is 34.1 Å². The second kappa shape index (κ2) is 18.3. The zero-order chi connectivity index (χ0) is 40.6. The van der Waals surface area contributed by atoms with E-state index in [0.717, 1.165) is 0 Å². The second-order valence-corrected chi connectivity index (χ2v) is 16.4. The smallest absolute Gasteiger partial charge is 0.311 e. The summed E-state index contributed by atoms with van der Waals surface area (Å²) in [4.78, 5) is 25.2. The van der Waals surface area contributed by atoms with Crippen LogP contribution in [0.3, 0.4) is 0 Å². The standard InChI is InChI=1S/2C22H19Cl2NO3/c2*1-22(2)17(12-19(23)24)20(22)21(26)28-18(13-25)14-7-6-10-16(11-14)27-15-8-4-3-5-9-15/h2*3-12,17-18,20H,1-2H3/t2*17-,18?,20-/m00/s1. The summed E-state index contributed by atoms with van der Waals surface area (Å²) in [6, 6.07) is 36.6. The highest BCUT2D eigenvalue weighted by Crippen LogP contribution is 2.61. The van der Waals surface area contributed by atoms with Crippen LogP contribution in [-0.4, -0.2) is 11.9 Å². The minimum Gasteiger partial charge on any atom is -0.457 e. The number of nitrogens with zero attached hydrogens (tertiary/aromatic N) is 2. The van der Waals surface area contributed by atoms with Crippen LogP contribution in [0.5, 0.6) is 23.0 Å². The maximum absolute atomic E-state index is 12.6. The van der Waals surface area contributed by atoms with Gasteiger partial charge in [-0.15, -0.1) is 0 Å². The normalized spacial score (nSPS) is 20.4. The van der Waals surface area contributed by atoms with Gasteiger partial charge in [0.1, 0.15) is 44.1 Å². The van der Waals surface area contributed by atoms with Gasteiger partial charge in [-0.1, -0.05) is 135 Å². The third kappa shape index (κ3) is 10.7. The number of allylic oxidation sites excluding steroid dienone is 2. The summed E-state index contributed by atoms with van der Waals surface area (Å²) in [7, 11) is 0. The summed E-state index contributed by atoms with van der Waals surface area (Å²) in [6.07, 6.45) is 1.23. The van der Waals surface area contributed by atoms with Crippen LogP contribution in [0.1, 0.15) is 51.0 Å². The van der Waals surface area contributed by atoms with Gasteiger partial charge in [0.2, 0.25) is 12.2 Å². The quantitative estimate of drug-likeness (QED) is 0.129. The number of rotatable bonds is 12. The highest BCUT2D eigenvalue weighted by molar-refractivity contribution is 6.56. The van der Waals surface area contributed by atoms with Gasteiger partial charge in [0.25, 0.3) is 0 Å². The van der Waals surface area contributed by atoms with Gasteiger partial charge in [-0.25, -0.2) is 0 Å². The third-order valence-corrected chi connectivity index (χ3v) is 10.4. The zero-order valence-corrected chi connectivity index (χ0v) is 33.9. The molecule has 2 fully saturated rings. The number of benzene rings is 4. The first-order valence-corrected chi connectivity index (χ1v) is 19.1. The van der Waals surface area contributed by atoms with Crippen molar-refractivity contribution < 1.29 is 28.5 Å². The number of hydrogen-bond acceptors (Lipinski definition) is 8. The minimum absolute atomic E-state index is 0.114. The number of nitriles is 2. The Morgan fingerprint density at radius 2 is 0.911 bits per heavy atom. The number of para-hydroxylation sites is 2. The molecule has 2 unspecified atom stereocenters. The number of ether oxygens (including phenoxy) is 4. The summed E-state index contributed by atoms with van der Waals surface area (Å²) in [5, 5.41) is 19.1. The van der Waals surface area contributed by atoms with E-state index in [4.69, 9.17) is 65.4 Å². The molecule has 0 aromatic heterocycles. The highest BCUT2D eigenvalue weighted by atomic mass is 35.5. The Morgan fingerprint density at radius 3 is 1.23 bits per heavy atom. The first kappa shape index (κ1) is 42.2. The molecule has 6 rings (SSSR count). The number of carbonyl (C=O) groups excluding carboxylic acids is 2. The molecule has 2 aliphatic carbocycles. The molecule has 56 heavy (non-hydrogen) atoms. The first-order chi connectivity index (χ1) is 26.6. The molecule has 0 amide bonds. The summed E-state index contributed by atoms with van der Waals surface area (Å²) < 4.78 is 22.8. The number of halogens is 4. The highest BCUT2D eigenvalue weighted by Gasteiger charge is 2.62. The maximum Gasteiger partial charge on any atom is 0.311 e. The van der Waals surface area contributed by atoms with Crippen molar-refractivity contribution in [3.8, 4) is 35.1 Å². The Morgan fingerprint density at radius 1 is 0.571 bits per heavy atom. The van der Waals surface area contributed by atoms with Gasteiger partial charge < -0.3 is 18.9 Å². The van der Waals surface area contributed by atoms with Crippen LogP contribution >= 0.6 is 46.4 Å². The lowest BCUT2D eigenvalue weighted by atomic mass is 10.1. The van der Waals surface area contributed by atoms with E-state index < -0.39 is 24.1 Å². The molecule has 0 aliphatic heterocycles. The Hall–Kier alpha value is -4.96. The largest absolute Gasteiger partial charge is 0.457 e. The molecular weight excluding hydrogens is 794 g/mol. The van der Waals surface area contributed by atoms with Crippen molar-refractivity contribution >= 4 is 58.3 Å². The van der Waals surface area contributed by atoms with Crippen LogP contribution in [0, 0.1) is 57.2 Å². The van der Waals surface area contributed by atoms with Gasteiger partial charge in [0.15, 0.2) is 0 Å². The van der Waals surface area contributed by atoms with Crippen LogP contribution in [0.25, 0.3) is 0 Å². The predicted octanol–water partition coefficient (Wildman–Crippen LogP) is 12.4. The Labute approximate surface area is 346 Å². The van der Waals surface area contributed by atoms with E-state index in [2.05, 4.69) is 0 Å². The van der Waals surface area contributed by atoms with Crippen LogP contribution in [0.4, 0.5) is 0 Å². The second-order valence-electron chi connectivity index (χ2n) is 14.4. The van der Waals surface area contributed by atoms with Crippen molar-refractivity contribution in [3.05, 3.63) is 141 Å². The summed E-state index contributed by atoms with van der Waals surface area (Å²) in [6.45, 7) is 7.75. The van der Waals surface area contributed by atoms with E-state index >= 15 is 0 Å². The average Bonchev–Trinajstić information content (AvgIpc) is 3.93. The number of esters is 2. The summed E-state index contributed by atoms with van der Waals surface area (Å²) >= 11 is 22.9. The van der Waals surface area contributed by atoms with E-state index in [9.17, 15) is 20.1 Å². The van der Waals surface area contributed by atoms with Gasteiger partial charge in [0.05, 0.1) is 11.8 Å². The van der Waals surface area contributed by atoms with E-state index in [-0.39, 0.29) is 43.5 Å². The number of hydrogen-bond donors (Lipinski definition) is 0. The van der Waals surface area contributed by atoms with E-state index in [1.165, 1.54) is 0 Å². The molecule has 12 heteroatoms. The fourth-order valence-corrected chi connectivity index (χ4v) is 7.14. The monoisotopic (exact) mass is 830 g/mol. The fourth-order valence-electron chi connectivity index (χ4n) is 6.60. The Bertz CT molecular complexity index is 2020. The van der Waals surface area contributed by atoms with E-state index in [1.807, 2.05) is 100 Å². The van der Waals surface area contributed by atoms with Crippen LogP contribution in [0.2, 0.25) is 0 Å². The van der Waals surface area contributed by atoms with E-state index in [1.54, 1.807) is 60.7 Å². The molecule has 0 heterocycles. The van der Waals surface area contributed by atoms with Crippen LogP contribution in [0.15, 0.2) is 130 Å². The van der Waals surface area contributed by atoms with Gasteiger partial charge >= 0.3 is 11.9 Å². The van der Waals surface area contributed by atoms with Gasteiger partial charge in [-0.05, 0) is 83.3 Å². The zero-order valence-electron chi connectivity index (χ0n) is 30.9. The van der Waals surface area contributed by atoms with Crippen molar-refractivity contribution in [2.75, 3.05) is 0 Å². The predicted molar refractivity (Wildman–Crippen MR) is 216 cm³/mol. The Balaban J connectivity index is 0.000000214. The Kier molecular flexibility index (Phi) is 13.8. The molecule has 4 aromatic rings. The first-order valence-electron chi connectivity index (χ1n) is 17.6. The van der Waals surface area contributed by atoms with Gasteiger partial charge in [-0.2, -0.15) is 10.5 Å². The molecule has 0 bridgehead atoms. The summed E-state index contributed by atoms with van der Waals surface area (Å²) in [5.41, 5.74) is 0.463. The van der Waals surface area contributed by atoms with Crippen molar-refractivity contribution in [2.45, 2.75) is 39.9 Å².